The zero-order chi connectivity index (χ0) is 13.2. The first-order chi connectivity index (χ1) is 7.79. The van der Waals surface area contributed by atoms with Crippen LogP contribution in [0.5, 0.6) is 11.5 Å². The largest absolute Gasteiger partial charge is 0.494 e. The summed E-state index contributed by atoms with van der Waals surface area (Å²) in [6.45, 7) is 1.33. The molecule has 1 aromatic carbocycles. The van der Waals surface area contributed by atoms with Gasteiger partial charge in [0.25, 0.3) is 5.63 Å². The molecule has 1 rings (SSSR count). The average molecular weight is 273 g/mol. The van der Waals surface area contributed by atoms with E-state index in [2.05, 4.69) is 21.1 Å². The summed E-state index contributed by atoms with van der Waals surface area (Å²) in [7, 11) is 1.16. The molecule has 0 amide bonds. The minimum absolute atomic E-state index is 0.0697. The van der Waals surface area contributed by atoms with Gasteiger partial charge in [-0.3, -0.25) is 0 Å². The van der Waals surface area contributed by atoms with Crippen molar-refractivity contribution in [2.75, 3.05) is 7.11 Å². The normalized spacial score (nSPS) is 13.4. The molecule has 17 heavy (non-hydrogen) atoms. The van der Waals surface area contributed by atoms with Crippen molar-refractivity contribution >= 4 is 11.6 Å². The van der Waals surface area contributed by atoms with Gasteiger partial charge in [0, 0.05) is 0 Å². The Morgan fingerprint density at radius 3 is 2.41 bits per heavy atom. The van der Waals surface area contributed by atoms with Crippen LogP contribution in [0.2, 0.25) is 0 Å². The van der Waals surface area contributed by atoms with Crippen molar-refractivity contribution in [1.29, 1.82) is 0 Å². The molecule has 0 bridgehead atoms. The Labute approximate surface area is 100 Å². The lowest BCUT2D eigenvalue weighted by molar-refractivity contribution is -0.200. The Hall–Kier alpha value is -1.17. The van der Waals surface area contributed by atoms with Gasteiger partial charge < -0.3 is 9.47 Å². The van der Waals surface area contributed by atoms with Crippen molar-refractivity contribution in [3.8, 4) is 11.5 Å². The summed E-state index contributed by atoms with van der Waals surface area (Å²) >= 11 is 4.60. The van der Waals surface area contributed by atoms with Crippen LogP contribution in [0.4, 0.5) is 17.6 Å². The molecule has 0 aliphatic heterocycles. The van der Waals surface area contributed by atoms with Gasteiger partial charge in [0.15, 0.2) is 11.5 Å². The van der Waals surface area contributed by atoms with Crippen LogP contribution in [0.25, 0.3) is 0 Å². The Morgan fingerprint density at radius 2 is 1.94 bits per heavy atom. The molecular weight excluding hydrogens is 264 g/mol. The van der Waals surface area contributed by atoms with E-state index in [9.17, 15) is 17.6 Å². The molecule has 0 fully saturated rings. The summed E-state index contributed by atoms with van der Waals surface area (Å²) < 4.78 is 60.3. The molecule has 0 saturated heterocycles. The number of aryl methyl sites for hydroxylation is 1. The Balaban J connectivity index is 3.14. The maximum Gasteiger partial charge on any atom is 0.444 e. The molecule has 7 heteroatoms. The second-order valence-electron chi connectivity index (χ2n) is 3.19. The van der Waals surface area contributed by atoms with Gasteiger partial charge in [-0.1, -0.05) is 17.7 Å². The number of alkyl halides is 4. The second kappa shape index (κ2) is 5.00. The molecule has 1 aromatic rings. The summed E-state index contributed by atoms with van der Waals surface area (Å²) in [5.74, 6) is -2.21. The van der Waals surface area contributed by atoms with E-state index in [0.29, 0.717) is 0 Å². The van der Waals surface area contributed by atoms with Crippen molar-refractivity contribution in [1.82, 2.24) is 0 Å². The fourth-order valence-electron chi connectivity index (χ4n) is 1.10. The number of ether oxygens (including phenoxy) is 2. The molecule has 0 radical (unpaired) electrons. The lowest BCUT2D eigenvalue weighted by Gasteiger charge is -2.20. The fourth-order valence-corrected chi connectivity index (χ4v) is 1.14. The molecule has 96 valence electrons. The van der Waals surface area contributed by atoms with Crippen LogP contribution in [-0.2, 0) is 0 Å². The average Bonchev–Trinajstić information content (AvgIpc) is 2.24. The van der Waals surface area contributed by atoms with Crippen molar-refractivity contribution in [2.45, 2.75) is 18.7 Å². The number of hydrogen-bond donors (Lipinski definition) is 0. The zero-order valence-corrected chi connectivity index (χ0v) is 9.69. The first-order valence-corrected chi connectivity index (χ1v) is 4.91. The number of methoxy groups -OCH3 is 1. The molecule has 0 spiro atoms. The lowest BCUT2D eigenvalue weighted by atomic mass is 10.2. The first kappa shape index (κ1) is 13.9. The maximum atomic E-state index is 13.6. The van der Waals surface area contributed by atoms with Gasteiger partial charge in [0.1, 0.15) is 0 Å². The molecule has 1 atom stereocenters. The van der Waals surface area contributed by atoms with Crippen molar-refractivity contribution in [3.05, 3.63) is 23.5 Å². The minimum atomic E-state index is -4.32. The summed E-state index contributed by atoms with van der Waals surface area (Å²) in [6.07, 6.45) is -4.32. The Kier molecular flexibility index (Phi) is 4.08. The summed E-state index contributed by atoms with van der Waals surface area (Å²) in [5, 5.41) is 0. The van der Waals surface area contributed by atoms with Gasteiger partial charge in [-0.25, -0.2) is 4.39 Å². The monoisotopic (exact) mass is 272 g/mol. The molecule has 1 unspecified atom stereocenters. The highest BCUT2D eigenvalue weighted by Crippen LogP contribution is 2.35. The van der Waals surface area contributed by atoms with E-state index in [4.69, 9.17) is 0 Å². The van der Waals surface area contributed by atoms with Crippen molar-refractivity contribution < 1.29 is 27.0 Å². The van der Waals surface area contributed by atoms with Crippen LogP contribution >= 0.6 is 11.6 Å². The van der Waals surface area contributed by atoms with Crippen LogP contribution in [-0.4, -0.2) is 18.8 Å². The van der Waals surface area contributed by atoms with Crippen LogP contribution in [0.1, 0.15) is 5.56 Å². The van der Waals surface area contributed by atoms with Crippen molar-refractivity contribution in [3.63, 3.8) is 0 Å². The van der Waals surface area contributed by atoms with E-state index in [0.717, 1.165) is 7.11 Å². The van der Waals surface area contributed by atoms with Gasteiger partial charge in [-0.15, -0.1) is 0 Å². The van der Waals surface area contributed by atoms with Crippen LogP contribution in [0.15, 0.2) is 12.1 Å². The summed E-state index contributed by atoms with van der Waals surface area (Å²) in [5.41, 5.74) is -3.01. The van der Waals surface area contributed by atoms with Crippen LogP contribution in [0.3, 0.4) is 0 Å². The van der Waals surface area contributed by atoms with E-state index in [1.54, 1.807) is 0 Å². The lowest BCUT2D eigenvalue weighted by Crippen LogP contribution is -2.33. The van der Waals surface area contributed by atoms with E-state index < -0.39 is 23.3 Å². The molecule has 0 N–H and O–H groups in total. The quantitative estimate of drug-likeness (QED) is 0.615. The van der Waals surface area contributed by atoms with Crippen LogP contribution < -0.4 is 9.47 Å². The molecule has 0 saturated carbocycles. The van der Waals surface area contributed by atoms with Crippen molar-refractivity contribution in [2.24, 2.45) is 0 Å². The fraction of sp³-hybridized carbons (Fsp3) is 0.400. The smallest absolute Gasteiger partial charge is 0.444 e. The predicted molar refractivity (Wildman–Crippen MR) is 54.0 cm³/mol. The first-order valence-electron chi connectivity index (χ1n) is 4.47. The van der Waals surface area contributed by atoms with Gasteiger partial charge in [0.2, 0.25) is 5.82 Å². The molecule has 0 heterocycles. The SMILES string of the molecule is COc1ccc(C)c(OC(F)(F)C(F)Cl)c1F. The van der Waals surface area contributed by atoms with E-state index in [1.807, 2.05) is 0 Å². The highest BCUT2D eigenvalue weighted by molar-refractivity contribution is 6.20. The van der Waals surface area contributed by atoms with Gasteiger partial charge in [0.05, 0.1) is 7.11 Å². The summed E-state index contributed by atoms with van der Waals surface area (Å²) in [4.78, 5) is 0. The topological polar surface area (TPSA) is 18.5 Å². The molecule has 0 aliphatic rings. The van der Waals surface area contributed by atoms with E-state index in [-0.39, 0.29) is 11.3 Å². The molecule has 0 aliphatic carbocycles. The van der Waals surface area contributed by atoms with E-state index >= 15 is 0 Å². The number of rotatable bonds is 4. The number of hydrogen-bond acceptors (Lipinski definition) is 2. The molecule has 2 nitrogen and oxygen atoms in total. The van der Waals surface area contributed by atoms with Gasteiger partial charge >= 0.3 is 6.11 Å². The summed E-state index contributed by atoms with van der Waals surface area (Å²) in [6, 6.07) is 2.54. The molecule has 0 aromatic heterocycles. The maximum absolute atomic E-state index is 13.6. The highest BCUT2D eigenvalue weighted by Gasteiger charge is 2.43. The Bertz CT molecular complexity index is 410. The van der Waals surface area contributed by atoms with Gasteiger partial charge in [-0.2, -0.15) is 13.2 Å². The number of halogens is 5. The predicted octanol–water partition coefficient (Wildman–Crippen LogP) is 3.65. The minimum Gasteiger partial charge on any atom is -0.494 e. The third-order valence-corrected chi connectivity index (χ3v) is 2.22. The van der Waals surface area contributed by atoms with Gasteiger partial charge in [-0.05, 0) is 18.6 Å². The third kappa shape index (κ3) is 2.94. The van der Waals surface area contributed by atoms with E-state index in [1.165, 1.54) is 19.1 Å². The third-order valence-electron chi connectivity index (χ3n) is 1.97. The number of benzene rings is 1. The standard InChI is InChI=1S/C10H9ClF4O2/c1-5-3-4-6(16-2)7(12)8(5)17-10(14,15)9(11)13/h3-4,9H,1-2H3. The Morgan fingerprint density at radius 1 is 1.35 bits per heavy atom. The molecular formula is C10H9ClF4O2. The second-order valence-corrected chi connectivity index (χ2v) is 3.58. The zero-order valence-electron chi connectivity index (χ0n) is 8.94. The van der Waals surface area contributed by atoms with Crippen LogP contribution in [0, 0.1) is 12.7 Å². The highest BCUT2D eigenvalue weighted by atomic mass is 35.5.